The molecule has 0 saturated carbocycles. The lowest BCUT2D eigenvalue weighted by Crippen LogP contribution is -2.27. The Hall–Kier alpha value is -1.40. The van der Waals surface area contributed by atoms with Crippen LogP contribution in [0, 0.1) is 5.92 Å². The molecule has 118 valence electrons. The van der Waals surface area contributed by atoms with Crippen LogP contribution in [-0.4, -0.2) is 38.7 Å². The Morgan fingerprint density at radius 2 is 2.14 bits per heavy atom. The molecule has 0 bridgehead atoms. The summed E-state index contributed by atoms with van der Waals surface area (Å²) in [6, 6.07) is 10.0. The van der Waals surface area contributed by atoms with E-state index in [0.29, 0.717) is 12.0 Å². The highest BCUT2D eigenvalue weighted by atomic mass is 32.2. The Balaban J connectivity index is 1.54. The summed E-state index contributed by atoms with van der Waals surface area (Å²) in [6.07, 6.45) is 5.29. The van der Waals surface area contributed by atoms with E-state index in [0.717, 1.165) is 23.2 Å². The summed E-state index contributed by atoms with van der Waals surface area (Å²) in [7, 11) is 0. The number of rotatable bonds is 6. The van der Waals surface area contributed by atoms with Gasteiger partial charge in [0.05, 0.1) is 18.4 Å². The number of tetrazole rings is 1. The third-order valence-electron chi connectivity index (χ3n) is 3.96. The molecule has 6 heteroatoms. The molecular formula is C16H22N4OS. The van der Waals surface area contributed by atoms with Crippen LogP contribution in [0.25, 0.3) is 5.69 Å². The molecule has 5 nitrogen and oxygen atoms in total. The van der Waals surface area contributed by atoms with Crippen molar-refractivity contribution in [1.29, 1.82) is 0 Å². The van der Waals surface area contributed by atoms with Crippen molar-refractivity contribution in [3.05, 3.63) is 30.3 Å². The number of benzene rings is 1. The predicted molar refractivity (Wildman–Crippen MR) is 87.3 cm³/mol. The van der Waals surface area contributed by atoms with E-state index in [9.17, 15) is 0 Å². The standard InChI is InChI=1S/C16H22N4OS/c1-2-6-15-10-9-13(11-21-15)12-22-16-17-18-19-20(16)14-7-4-3-5-8-14/h3-5,7-8,13,15H,2,6,9-12H2,1H3. The van der Waals surface area contributed by atoms with Gasteiger partial charge in [-0.05, 0) is 47.7 Å². The minimum atomic E-state index is 0.473. The molecule has 2 aromatic rings. The first-order valence-corrected chi connectivity index (χ1v) is 8.93. The molecule has 0 aliphatic carbocycles. The average Bonchev–Trinajstić information content (AvgIpc) is 3.04. The fourth-order valence-corrected chi connectivity index (χ4v) is 3.74. The van der Waals surface area contributed by atoms with Gasteiger partial charge < -0.3 is 4.74 Å². The van der Waals surface area contributed by atoms with Crippen molar-refractivity contribution >= 4 is 11.8 Å². The quantitative estimate of drug-likeness (QED) is 0.765. The van der Waals surface area contributed by atoms with Gasteiger partial charge in [0, 0.05) is 5.75 Å². The molecule has 1 fully saturated rings. The third kappa shape index (κ3) is 3.87. The van der Waals surface area contributed by atoms with Crippen molar-refractivity contribution in [2.24, 2.45) is 5.92 Å². The number of ether oxygens (including phenoxy) is 1. The second kappa shape index (κ2) is 7.74. The summed E-state index contributed by atoms with van der Waals surface area (Å²) >= 11 is 1.72. The normalized spacial score (nSPS) is 21.9. The monoisotopic (exact) mass is 318 g/mol. The molecule has 2 heterocycles. The number of thioether (sulfide) groups is 1. The fraction of sp³-hybridized carbons (Fsp3) is 0.562. The molecule has 2 atom stereocenters. The van der Waals surface area contributed by atoms with E-state index in [1.54, 1.807) is 16.4 Å². The van der Waals surface area contributed by atoms with Crippen molar-refractivity contribution in [3.63, 3.8) is 0 Å². The van der Waals surface area contributed by atoms with Crippen LogP contribution in [-0.2, 0) is 4.74 Å². The van der Waals surface area contributed by atoms with Gasteiger partial charge in [-0.25, -0.2) is 0 Å². The summed E-state index contributed by atoms with van der Waals surface area (Å²) in [6.45, 7) is 3.08. The van der Waals surface area contributed by atoms with E-state index in [-0.39, 0.29) is 0 Å². The molecule has 1 saturated heterocycles. The summed E-state index contributed by atoms with van der Waals surface area (Å²) in [5, 5.41) is 12.9. The molecule has 1 aromatic heterocycles. The minimum absolute atomic E-state index is 0.473. The molecule has 22 heavy (non-hydrogen) atoms. The van der Waals surface area contributed by atoms with Crippen molar-refractivity contribution in [1.82, 2.24) is 20.2 Å². The zero-order chi connectivity index (χ0) is 15.2. The number of hydrogen-bond donors (Lipinski definition) is 0. The molecular weight excluding hydrogens is 296 g/mol. The lowest BCUT2D eigenvalue weighted by Gasteiger charge is -2.28. The molecule has 3 rings (SSSR count). The molecule has 0 spiro atoms. The van der Waals surface area contributed by atoms with Gasteiger partial charge in [0.1, 0.15) is 0 Å². The highest BCUT2D eigenvalue weighted by molar-refractivity contribution is 7.99. The zero-order valence-electron chi connectivity index (χ0n) is 12.9. The Morgan fingerprint density at radius 1 is 1.27 bits per heavy atom. The van der Waals surface area contributed by atoms with Crippen LogP contribution in [0.5, 0.6) is 0 Å². The van der Waals surface area contributed by atoms with Gasteiger partial charge in [-0.15, -0.1) is 5.10 Å². The van der Waals surface area contributed by atoms with E-state index >= 15 is 0 Å². The first-order chi connectivity index (χ1) is 10.9. The largest absolute Gasteiger partial charge is 0.378 e. The van der Waals surface area contributed by atoms with E-state index in [1.165, 1.54) is 25.7 Å². The summed E-state index contributed by atoms with van der Waals surface area (Å²) in [4.78, 5) is 0. The van der Waals surface area contributed by atoms with E-state index in [1.807, 2.05) is 30.3 Å². The zero-order valence-corrected chi connectivity index (χ0v) is 13.7. The summed E-state index contributed by atoms with van der Waals surface area (Å²) < 4.78 is 7.74. The summed E-state index contributed by atoms with van der Waals surface area (Å²) in [5.74, 6) is 1.60. The maximum atomic E-state index is 5.94. The topological polar surface area (TPSA) is 52.8 Å². The summed E-state index contributed by atoms with van der Waals surface area (Å²) in [5.41, 5.74) is 0.998. The third-order valence-corrected chi connectivity index (χ3v) is 5.12. The molecule has 0 N–H and O–H groups in total. The SMILES string of the molecule is CCCC1CCC(CSc2nnnn2-c2ccccc2)CO1. The average molecular weight is 318 g/mol. The van der Waals surface area contributed by atoms with Crippen molar-refractivity contribution in [3.8, 4) is 5.69 Å². The minimum Gasteiger partial charge on any atom is -0.378 e. The second-order valence-corrected chi connectivity index (χ2v) is 6.69. The predicted octanol–water partition coefficient (Wildman–Crippen LogP) is 3.35. The molecule has 2 unspecified atom stereocenters. The van der Waals surface area contributed by atoms with Crippen LogP contribution >= 0.6 is 11.8 Å². The molecule has 0 radical (unpaired) electrons. The highest BCUT2D eigenvalue weighted by Gasteiger charge is 2.22. The molecule has 0 amide bonds. The fourth-order valence-electron chi connectivity index (χ4n) is 2.73. The van der Waals surface area contributed by atoms with Crippen molar-refractivity contribution in [2.45, 2.75) is 43.9 Å². The number of nitrogens with zero attached hydrogens (tertiary/aromatic N) is 4. The van der Waals surface area contributed by atoms with Gasteiger partial charge in [-0.2, -0.15) is 4.68 Å². The lowest BCUT2D eigenvalue weighted by atomic mass is 9.98. The van der Waals surface area contributed by atoms with Gasteiger partial charge in [0.2, 0.25) is 5.16 Å². The molecule has 1 aromatic carbocycles. The Bertz CT molecular complexity index is 567. The first kappa shape index (κ1) is 15.5. The molecule has 1 aliphatic rings. The van der Waals surface area contributed by atoms with E-state index in [4.69, 9.17) is 4.74 Å². The van der Waals surface area contributed by atoms with Gasteiger partial charge in [0.15, 0.2) is 0 Å². The Labute approximate surface area is 135 Å². The maximum absolute atomic E-state index is 5.94. The van der Waals surface area contributed by atoms with Crippen LogP contribution in [0.4, 0.5) is 0 Å². The first-order valence-electron chi connectivity index (χ1n) is 7.95. The molecule has 1 aliphatic heterocycles. The van der Waals surface area contributed by atoms with Crippen LogP contribution < -0.4 is 0 Å². The van der Waals surface area contributed by atoms with Gasteiger partial charge >= 0.3 is 0 Å². The second-order valence-electron chi connectivity index (χ2n) is 5.71. The van der Waals surface area contributed by atoms with Gasteiger partial charge in [0.25, 0.3) is 0 Å². The smallest absolute Gasteiger partial charge is 0.214 e. The number of hydrogen-bond acceptors (Lipinski definition) is 5. The van der Waals surface area contributed by atoms with Crippen LogP contribution in [0.3, 0.4) is 0 Å². The van der Waals surface area contributed by atoms with Crippen molar-refractivity contribution < 1.29 is 4.74 Å². The van der Waals surface area contributed by atoms with Crippen LogP contribution in [0.15, 0.2) is 35.5 Å². The van der Waals surface area contributed by atoms with Crippen LogP contribution in [0.2, 0.25) is 0 Å². The Morgan fingerprint density at radius 3 is 2.86 bits per heavy atom. The number of para-hydroxylation sites is 1. The van der Waals surface area contributed by atoms with Gasteiger partial charge in [-0.1, -0.05) is 43.3 Å². The van der Waals surface area contributed by atoms with E-state index in [2.05, 4.69) is 22.4 Å². The Kier molecular flexibility index (Phi) is 5.45. The maximum Gasteiger partial charge on any atom is 0.214 e. The number of aromatic nitrogens is 4. The highest BCUT2D eigenvalue weighted by Crippen LogP contribution is 2.27. The van der Waals surface area contributed by atoms with Crippen LogP contribution in [0.1, 0.15) is 32.6 Å². The van der Waals surface area contributed by atoms with Crippen molar-refractivity contribution in [2.75, 3.05) is 12.4 Å². The lowest BCUT2D eigenvalue weighted by molar-refractivity contribution is -0.0140. The van der Waals surface area contributed by atoms with E-state index < -0.39 is 0 Å². The van der Waals surface area contributed by atoms with Gasteiger partial charge in [-0.3, -0.25) is 0 Å².